The molecular weight excluding hydrogens is 275 g/mol. The molecule has 2 heterocycles. The largest absolute Gasteiger partial charge is 0.385 e. The Morgan fingerprint density at radius 2 is 2.26 bits per heavy atom. The molecule has 10 heteroatoms. The molecule has 0 spiro atoms. The second kappa shape index (κ2) is 5.14. The van der Waals surface area contributed by atoms with Crippen molar-refractivity contribution >= 4 is 24.4 Å². The summed E-state index contributed by atoms with van der Waals surface area (Å²) in [6.07, 6.45) is 0.795. The average molecular weight is 288 g/mol. The van der Waals surface area contributed by atoms with Crippen molar-refractivity contribution in [2.45, 2.75) is 6.54 Å². The summed E-state index contributed by atoms with van der Waals surface area (Å²) < 4.78 is 16.9. The molecule has 104 valence electrons. The predicted molar refractivity (Wildman–Crippen MR) is 67.6 cm³/mol. The Labute approximate surface area is 107 Å². The molecule has 0 fully saturated rings. The molecule has 9 nitrogen and oxygen atoms in total. The predicted octanol–water partition coefficient (Wildman–Crippen LogP) is -0.541. The maximum Gasteiger partial charge on any atom is 0.350 e. The van der Waals surface area contributed by atoms with E-state index in [9.17, 15) is 9.36 Å². The van der Waals surface area contributed by atoms with Crippen LogP contribution in [0.4, 0.5) is 5.82 Å². The summed E-state index contributed by atoms with van der Waals surface area (Å²) in [5, 5.41) is 0. The molecule has 0 aliphatic heterocycles. The third kappa shape index (κ3) is 3.42. The highest BCUT2D eigenvalue weighted by atomic mass is 31.2. The normalized spacial score (nSPS) is 12.1. The zero-order valence-electron chi connectivity index (χ0n) is 9.81. The molecule has 0 bridgehead atoms. The fourth-order valence-corrected chi connectivity index (χ4v) is 2.01. The number of pyridine rings is 1. The van der Waals surface area contributed by atoms with Crippen LogP contribution in [0.3, 0.4) is 0 Å². The number of aromatic amines is 1. The number of nitrogens with two attached hydrogens (primary N) is 1. The van der Waals surface area contributed by atoms with Crippen LogP contribution in [0.25, 0.3) is 11.0 Å². The lowest BCUT2D eigenvalue weighted by Crippen LogP contribution is -2.14. The number of aromatic nitrogens is 3. The number of hydrogen-bond donors (Lipinski definition) is 4. The van der Waals surface area contributed by atoms with Gasteiger partial charge in [-0.2, -0.15) is 0 Å². The second-order valence-corrected chi connectivity index (χ2v) is 5.52. The molecule has 0 radical (unpaired) electrons. The number of H-pyrrole nitrogens is 1. The smallest absolute Gasteiger partial charge is 0.350 e. The Hall–Kier alpha value is -1.67. The maximum absolute atomic E-state index is 11.7. The minimum Gasteiger partial charge on any atom is -0.385 e. The summed E-state index contributed by atoms with van der Waals surface area (Å²) in [5.74, 6) is 0.223. The van der Waals surface area contributed by atoms with Gasteiger partial charge in [0, 0.05) is 12.6 Å². The van der Waals surface area contributed by atoms with Crippen LogP contribution in [0.1, 0.15) is 0 Å². The number of nitrogens with one attached hydrogen (secondary N) is 1. The van der Waals surface area contributed by atoms with Crippen LogP contribution in [0.2, 0.25) is 0 Å². The first-order chi connectivity index (χ1) is 8.87. The quantitative estimate of drug-likeness (QED) is 0.427. The van der Waals surface area contributed by atoms with E-state index in [0.29, 0.717) is 11.0 Å². The lowest BCUT2D eigenvalue weighted by Gasteiger charge is -2.06. The van der Waals surface area contributed by atoms with Crippen molar-refractivity contribution in [3.05, 3.63) is 22.7 Å². The number of imidazole rings is 1. The monoisotopic (exact) mass is 288 g/mol. The van der Waals surface area contributed by atoms with Gasteiger partial charge in [0.1, 0.15) is 17.7 Å². The van der Waals surface area contributed by atoms with Crippen LogP contribution in [0.5, 0.6) is 0 Å². The number of ether oxygens (including phenoxy) is 1. The topological polar surface area (TPSA) is 143 Å². The zero-order valence-corrected chi connectivity index (χ0v) is 10.7. The van der Waals surface area contributed by atoms with E-state index >= 15 is 0 Å². The fraction of sp³-hybridized carbons (Fsp3) is 0.333. The van der Waals surface area contributed by atoms with E-state index in [2.05, 4.69) is 9.97 Å². The molecule has 2 rings (SSSR count). The number of rotatable bonds is 5. The number of fused-ring (bicyclic) bond motifs is 1. The molecule has 0 unspecified atom stereocenters. The van der Waals surface area contributed by atoms with Crippen molar-refractivity contribution in [3.8, 4) is 0 Å². The molecule has 0 amide bonds. The van der Waals surface area contributed by atoms with Crippen LogP contribution in [0.15, 0.2) is 17.2 Å². The molecule has 19 heavy (non-hydrogen) atoms. The van der Waals surface area contributed by atoms with Gasteiger partial charge < -0.3 is 29.8 Å². The van der Waals surface area contributed by atoms with E-state index in [1.54, 1.807) is 0 Å². The number of nitrogens with zero attached hydrogens (tertiary/aromatic N) is 2. The minimum atomic E-state index is -4.17. The number of anilines is 1. The van der Waals surface area contributed by atoms with E-state index in [4.69, 9.17) is 20.3 Å². The summed E-state index contributed by atoms with van der Waals surface area (Å²) >= 11 is 0. The summed E-state index contributed by atoms with van der Waals surface area (Å²) in [4.78, 5) is 35.4. The first kappa shape index (κ1) is 13.8. The van der Waals surface area contributed by atoms with Crippen molar-refractivity contribution in [3.63, 3.8) is 0 Å². The van der Waals surface area contributed by atoms with Gasteiger partial charge >= 0.3 is 7.60 Å². The molecule has 0 saturated heterocycles. The Morgan fingerprint density at radius 3 is 2.95 bits per heavy atom. The van der Waals surface area contributed by atoms with E-state index in [-0.39, 0.29) is 24.5 Å². The Bertz CT molecular complexity index is 687. The van der Waals surface area contributed by atoms with Gasteiger partial charge in [-0.25, -0.2) is 4.98 Å². The van der Waals surface area contributed by atoms with Gasteiger partial charge in [-0.05, 0) is 0 Å². The molecule has 0 aliphatic carbocycles. The number of hydrogen-bond acceptors (Lipinski definition) is 5. The number of nitrogen functional groups attached to an aromatic ring is 1. The fourth-order valence-electron chi connectivity index (χ4n) is 1.64. The first-order valence-corrected chi connectivity index (χ1v) is 7.12. The van der Waals surface area contributed by atoms with Gasteiger partial charge in [-0.3, -0.25) is 9.36 Å². The van der Waals surface area contributed by atoms with Gasteiger partial charge in [-0.1, -0.05) is 0 Å². The van der Waals surface area contributed by atoms with Gasteiger partial charge in [0.05, 0.1) is 18.5 Å². The molecule has 0 aromatic carbocycles. The summed E-state index contributed by atoms with van der Waals surface area (Å²) in [7, 11) is -4.17. The molecule has 0 atom stereocenters. The lowest BCUT2D eigenvalue weighted by molar-refractivity contribution is 0.149. The van der Waals surface area contributed by atoms with E-state index in [1.165, 1.54) is 17.0 Å². The highest BCUT2D eigenvalue weighted by molar-refractivity contribution is 7.51. The highest BCUT2D eigenvalue weighted by Crippen LogP contribution is 2.33. The minimum absolute atomic E-state index is 0.0559. The van der Waals surface area contributed by atoms with E-state index in [0.717, 1.165) is 0 Å². The van der Waals surface area contributed by atoms with Gasteiger partial charge in [0.2, 0.25) is 0 Å². The molecular formula is C9H13N4O5P. The van der Waals surface area contributed by atoms with E-state index < -0.39 is 13.9 Å². The van der Waals surface area contributed by atoms with Crippen molar-refractivity contribution < 1.29 is 19.1 Å². The summed E-state index contributed by atoms with van der Waals surface area (Å²) in [5.41, 5.74) is 5.91. The van der Waals surface area contributed by atoms with Crippen LogP contribution in [-0.2, 0) is 15.8 Å². The molecule has 0 saturated carbocycles. The summed E-state index contributed by atoms with van der Waals surface area (Å²) in [6.45, 7) is 0.309. The third-order valence-corrected chi connectivity index (χ3v) is 2.89. The van der Waals surface area contributed by atoms with Crippen LogP contribution >= 0.6 is 7.60 Å². The summed E-state index contributed by atoms with van der Waals surface area (Å²) in [6, 6.07) is 1.53. The Balaban J connectivity index is 2.10. The first-order valence-electron chi connectivity index (χ1n) is 5.33. The highest BCUT2D eigenvalue weighted by Gasteiger charge is 2.13. The Kier molecular flexibility index (Phi) is 3.72. The molecule has 0 aliphatic rings. The maximum atomic E-state index is 11.7. The van der Waals surface area contributed by atoms with Gasteiger partial charge in [-0.15, -0.1) is 0 Å². The zero-order chi connectivity index (χ0) is 14.0. The SMILES string of the molecule is Nc1cc2ncn(CCOCP(=O)(O)O)c2c(=O)[nH]1. The molecule has 2 aromatic heterocycles. The van der Waals surface area contributed by atoms with Crippen molar-refractivity contribution in [1.82, 2.24) is 14.5 Å². The Morgan fingerprint density at radius 1 is 1.53 bits per heavy atom. The van der Waals surface area contributed by atoms with Crippen molar-refractivity contribution in [2.75, 3.05) is 18.7 Å². The van der Waals surface area contributed by atoms with Crippen molar-refractivity contribution in [1.29, 1.82) is 0 Å². The standard InChI is InChI=1S/C9H13N4O5P/c10-7-3-6-8(9(14)12-7)13(4-11-6)1-2-18-5-19(15,16)17/h3-4H,1-2,5H2,(H3,10,12,14)(H2,15,16,17). The van der Waals surface area contributed by atoms with Crippen LogP contribution < -0.4 is 11.3 Å². The third-order valence-electron chi connectivity index (χ3n) is 2.37. The van der Waals surface area contributed by atoms with Gasteiger partial charge in [0.15, 0.2) is 0 Å². The lowest BCUT2D eigenvalue weighted by atomic mass is 10.4. The second-order valence-electron chi connectivity index (χ2n) is 3.93. The molecule has 5 N–H and O–H groups in total. The van der Waals surface area contributed by atoms with E-state index in [1.807, 2.05) is 0 Å². The van der Waals surface area contributed by atoms with Crippen LogP contribution in [0, 0.1) is 0 Å². The molecule has 2 aromatic rings. The average Bonchev–Trinajstić information content (AvgIpc) is 2.66. The van der Waals surface area contributed by atoms with Gasteiger partial charge in [0.25, 0.3) is 5.56 Å². The van der Waals surface area contributed by atoms with Crippen molar-refractivity contribution in [2.24, 2.45) is 0 Å². The van der Waals surface area contributed by atoms with Crippen LogP contribution in [-0.4, -0.2) is 37.3 Å².